The maximum absolute atomic E-state index is 11.8. The number of amides is 1. The van der Waals surface area contributed by atoms with Gasteiger partial charge in [0.1, 0.15) is 5.00 Å². The van der Waals surface area contributed by atoms with Crippen LogP contribution < -0.4 is 5.32 Å². The Morgan fingerprint density at radius 3 is 2.61 bits per heavy atom. The van der Waals surface area contributed by atoms with E-state index in [-0.39, 0.29) is 0 Å². The molecule has 18 heavy (non-hydrogen) atoms. The van der Waals surface area contributed by atoms with E-state index in [1.165, 1.54) is 11.3 Å². The average molecular weight is 265 g/mol. The third kappa shape index (κ3) is 3.11. The Bertz CT molecular complexity index is 534. The van der Waals surface area contributed by atoms with Gasteiger partial charge in [0.2, 0.25) is 0 Å². The number of anilines is 1. The molecule has 0 spiro atoms. The van der Waals surface area contributed by atoms with Gasteiger partial charge >= 0.3 is 11.9 Å². The molecule has 0 aromatic carbocycles. The molecule has 1 heterocycles. The second-order valence-corrected chi connectivity index (χ2v) is 4.76. The third-order valence-electron chi connectivity index (χ3n) is 2.33. The van der Waals surface area contributed by atoms with Crippen LogP contribution in [0, 0.1) is 25.7 Å². The lowest BCUT2D eigenvalue weighted by molar-refractivity contribution is -0.111. The van der Waals surface area contributed by atoms with Crippen molar-refractivity contribution in [3.8, 4) is 11.8 Å². The SMILES string of the molecule is CC#CC(=O)Nc1sc(C)c(C)c1C(=O)OCC. The molecule has 1 aromatic heterocycles. The van der Waals surface area contributed by atoms with E-state index in [2.05, 4.69) is 17.2 Å². The van der Waals surface area contributed by atoms with Gasteiger partial charge in [-0.1, -0.05) is 5.92 Å². The maximum atomic E-state index is 11.8. The van der Waals surface area contributed by atoms with Gasteiger partial charge in [-0.2, -0.15) is 0 Å². The molecule has 96 valence electrons. The number of carbonyl (C=O) groups excluding carboxylic acids is 2. The van der Waals surface area contributed by atoms with Gasteiger partial charge in [0, 0.05) is 4.88 Å². The van der Waals surface area contributed by atoms with Gasteiger partial charge in [-0.25, -0.2) is 4.79 Å². The van der Waals surface area contributed by atoms with Gasteiger partial charge in [0.15, 0.2) is 0 Å². The first-order valence-corrected chi connectivity index (χ1v) is 6.33. The van der Waals surface area contributed by atoms with Gasteiger partial charge in [-0.15, -0.1) is 11.3 Å². The van der Waals surface area contributed by atoms with Crippen LogP contribution in [0.1, 0.15) is 34.6 Å². The average Bonchev–Trinajstić information content (AvgIpc) is 2.55. The molecule has 0 saturated carbocycles. The lowest BCUT2D eigenvalue weighted by Gasteiger charge is -2.04. The molecule has 0 aliphatic carbocycles. The van der Waals surface area contributed by atoms with Crippen LogP contribution in [0.25, 0.3) is 0 Å². The third-order valence-corrected chi connectivity index (χ3v) is 3.45. The molecule has 5 heteroatoms. The van der Waals surface area contributed by atoms with Crippen LogP contribution >= 0.6 is 11.3 Å². The van der Waals surface area contributed by atoms with E-state index in [1.807, 2.05) is 13.8 Å². The molecule has 1 rings (SSSR count). The second kappa shape index (κ2) is 6.22. The Labute approximate surface area is 110 Å². The van der Waals surface area contributed by atoms with Crippen molar-refractivity contribution in [1.82, 2.24) is 0 Å². The molecule has 1 amide bonds. The van der Waals surface area contributed by atoms with Crippen molar-refractivity contribution in [2.45, 2.75) is 27.7 Å². The smallest absolute Gasteiger partial charge is 0.341 e. The van der Waals surface area contributed by atoms with Crippen LogP contribution in [-0.2, 0) is 9.53 Å². The summed E-state index contributed by atoms with van der Waals surface area (Å²) in [5.41, 5.74) is 1.25. The molecule has 0 saturated heterocycles. The Morgan fingerprint density at radius 1 is 1.39 bits per heavy atom. The molecule has 1 aromatic rings. The second-order valence-electron chi connectivity index (χ2n) is 3.54. The van der Waals surface area contributed by atoms with Crippen molar-refractivity contribution in [2.75, 3.05) is 11.9 Å². The molecule has 4 nitrogen and oxygen atoms in total. The fraction of sp³-hybridized carbons (Fsp3) is 0.385. The van der Waals surface area contributed by atoms with Crippen LogP contribution in [-0.4, -0.2) is 18.5 Å². The van der Waals surface area contributed by atoms with Crippen LogP contribution in [0.4, 0.5) is 5.00 Å². The summed E-state index contributed by atoms with van der Waals surface area (Å²) in [5, 5.41) is 3.11. The number of thiophene rings is 1. The monoisotopic (exact) mass is 265 g/mol. The zero-order valence-electron chi connectivity index (χ0n) is 10.8. The molecule has 0 atom stereocenters. The van der Waals surface area contributed by atoms with Gasteiger partial charge < -0.3 is 10.1 Å². The minimum absolute atomic E-state index is 0.301. The van der Waals surface area contributed by atoms with E-state index in [4.69, 9.17) is 4.74 Å². The van der Waals surface area contributed by atoms with E-state index in [0.29, 0.717) is 17.2 Å². The molecule has 0 bridgehead atoms. The highest BCUT2D eigenvalue weighted by molar-refractivity contribution is 7.16. The quantitative estimate of drug-likeness (QED) is 0.675. The predicted octanol–water partition coefficient (Wildman–Crippen LogP) is 2.50. The number of esters is 1. The largest absolute Gasteiger partial charge is 0.462 e. The summed E-state index contributed by atoms with van der Waals surface area (Å²) in [4.78, 5) is 24.2. The lowest BCUT2D eigenvalue weighted by atomic mass is 10.1. The molecule has 0 aliphatic heterocycles. The molecule has 0 aliphatic rings. The number of rotatable bonds is 3. The number of hydrogen-bond acceptors (Lipinski definition) is 4. The number of carbonyl (C=O) groups is 2. The molecule has 0 fully saturated rings. The number of ether oxygens (including phenoxy) is 1. The van der Waals surface area contributed by atoms with E-state index >= 15 is 0 Å². The van der Waals surface area contributed by atoms with E-state index in [9.17, 15) is 9.59 Å². The number of aryl methyl sites for hydroxylation is 1. The lowest BCUT2D eigenvalue weighted by Crippen LogP contribution is -2.12. The number of hydrogen-bond donors (Lipinski definition) is 1. The van der Waals surface area contributed by atoms with Gasteiger partial charge in [-0.05, 0) is 39.2 Å². The molecular weight excluding hydrogens is 250 g/mol. The summed E-state index contributed by atoms with van der Waals surface area (Å²) in [6.07, 6.45) is 0. The van der Waals surface area contributed by atoms with Crippen LogP contribution in [0.2, 0.25) is 0 Å². The van der Waals surface area contributed by atoms with Crippen molar-refractivity contribution in [3.63, 3.8) is 0 Å². The van der Waals surface area contributed by atoms with Crippen molar-refractivity contribution in [1.29, 1.82) is 0 Å². The van der Waals surface area contributed by atoms with E-state index in [1.54, 1.807) is 13.8 Å². The first kappa shape index (κ1) is 14.3. The minimum atomic E-state index is -0.427. The highest BCUT2D eigenvalue weighted by Gasteiger charge is 2.21. The normalized spacial score (nSPS) is 9.33. The zero-order valence-corrected chi connectivity index (χ0v) is 11.7. The molecular formula is C13H15NO3S. The minimum Gasteiger partial charge on any atom is -0.462 e. The highest BCUT2D eigenvalue weighted by atomic mass is 32.1. The van der Waals surface area contributed by atoms with Gasteiger partial charge in [-0.3, -0.25) is 4.79 Å². The van der Waals surface area contributed by atoms with Gasteiger partial charge in [0.25, 0.3) is 0 Å². The van der Waals surface area contributed by atoms with Crippen LogP contribution in [0.15, 0.2) is 0 Å². The Morgan fingerprint density at radius 2 is 2.06 bits per heavy atom. The predicted molar refractivity (Wildman–Crippen MR) is 71.8 cm³/mol. The number of nitrogens with one attached hydrogen (secondary N) is 1. The van der Waals surface area contributed by atoms with Crippen molar-refractivity contribution in [3.05, 3.63) is 16.0 Å². The molecule has 0 radical (unpaired) electrons. The fourth-order valence-corrected chi connectivity index (χ4v) is 2.46. The molecule has 1 N–H and O–H groups in total. The summed E-state index contributed by atoms with van der Waals surface area (Å²) in [6.45, 7) is 7.35. The van der Waals surface area contributed by atoms with Crippen molar-refractivity contribution in [2.24, 2.45) is 0 Å². The highest BCUT2D eigenvalue weighted by Crippen LogP contribution is 2.32. The Hall–Kier alpha value is -1.80. The topological polar surface area (TPSA) is 55.4 Å². The Balaban J connectivity index is 3.10. The Kier molecular flexibility index (Phi) is 4.93. The maximum Gasteiger partial charge on any atom is 0.341 e. The fourth-order valence-electron chi connectivity index (χ4n) is 1.41. The van der Waals surface area contributed by atoms with Crippen molar-refractivity contribution < 1.29 is 14.3 Å². The first-order valence-electron chi connectivity index (χ1n) is 5.52. The first-order chi connectivity index (χ1) is 8.51. The summed E-state index contributed by atoms with van der Waals surface area (Å²) in [6, 6.07) is 0. The molecule has 0 unspecified atom stereocenters. The van der Waals surface area contributed by atoms with E-state index in [0.717, 1.165) is 10.4 Å². The summed E-state index contributed by atoms with van der Waals surface area (Å²) >= 11 is 1.35. The summed E-state index contributed by atoms with van der Waals surface area (Å²) in [5.74, 6) is 4.04. The van der Waals surface area contributed by atoms with Crippen LogP contribution in [0.3, 0.4) is 0 Å². The van der Waals surface area contributed by atoms with Crippen molar-refractivity contribution >= 4 is 28.2 Å². The zero-order chi connectivity index (χ0) is 13.7. The van der Waals surface area contributed by atoms with E-state index < -0.39 is 11.9 Å². The van der Waals surface area contributed by atoms with Crippen LogP contribution in [0.5, 0.6) is 0 Å². The summed E-state index contributed by atoms with van der Waals surface area (Å²) in [7, 11) is 0. The summed E-state index contributed by atoms with van der Waals surface area (Å²) < 4.78 is 4.98. The van der Waals surface area contributed by atoms with Gasteiger partial charge in [0.05, 0.1) is 12.2 Å². The standard InChI is InChI=1S/C13H15NO3S/c1-5-7-10(15)14-12-11(13(16)17-6-2)8(3)9(4)18-12/h6H2,1-4H3,(H,14,15).